The van der Waals surface area contributed by atoms with Crippen LogP contribution in [0.4, 0.5) is 0 Å². The van der Waals surface area contributed by atoms with Gasteiger partial charge in [-0.3, -0.25) is 9.13 Å². The second kappa shape index (κ2) is 15.6. The largest absolute Gasteiger partial charge is 0.424 e. The Labute approximate surface area is 222 Å². The maximum absolute atomic E-state index is 12.6. The summed E-state index contributed by atoms with van der Waals surface area (Å²) in [5, 5.41) is 0. The number of hydrogen-bond acceptors (Lipinski definition) is 8. The van der Waals surface area contributed by atoms with Gasteiger partial charge in [0.25, 0.3) is 0 Å². The van der Waals surface area contributed by atoms with Crippen molar-refractivity contribution in [2.45, 2.75) is 53.4 Å². The molecule has 4 N–H and O–H groups in total. The highest BCUT2D eigenvalue weighted by Crippen LogP contribution is 2.38. The molecule has 0 unspecified atom stereocenters. The number of benzene rings is 1. The average Bonchev–Trinajstić information content (AvgIpc) is 2.81. The lowest BCUT2D eigenvalue weighted by atomic mass is 9.98. The topological polar surface area (TPSA) is 186 Å². The van der Waals surface area contributed by atoms with Crippen molar-refractivity contribution in [1.29, 1.82) is 0 Å². The molecule has 0 fully saturated rings. The molecule has 12 nitrogen and oxygen atoms in total. The highest BCUT2D eigenvalue weighted by molar-refractivity contribution is 7.52. The lowest BCUT2D eigenvalue weighted by Gasteiger charge is -2.20. The molecule has 0 aromatic heterocycles. The molecule has 216 valence electrons. The molecule has 0 saturated heterocycles. The molecular formula is C24H38O12P2. The zero-order valence-electron chi connectivity index (χ0n) is 22.2. The first-order chi connectivity index (χ1) is 17.5. The molecular weight excluding hydrogens is 542 g/mol. The molecule has 0 atom stereocenters. The summed E-state index contributed by atoms with van der Waals surface area (Å²) in [4.78, 5) is 60.2. The van der Waals surface area contributed by atoms with Crippen LogP contribution in [0.1, 0.15) is 47.9 Å². The maximum atomic E-state index is 12.6. The van der Waals surface area contributed by atoms with Crippen LogP contribution in [0.15, 0.2) is 12.2 Å². The molecule has 0 bridgehead atoms. The highest BCUT2D eigenvalue weighted by atomic mass is 31.2. The van der Waals surface area contributed by atoms with Crippen molar-refractivity contribution in [3.8, 4) is 11.5 Å². The van der Waals surface area contributed by atoms with Gasteiger partial charge in [-0.15, -0.1) is 0 Å². The van der Waals surface area contributed by atoms with E-state index < -0.39 is 27.1 Å². The van der Waals surface area contributed by atoms with Gasteiger partial charge in [-0.05, 0) is 75.6 Å². The van der Waals surface area contributed by atoms with Gasteiger partial charge < -0.3 is 38.5 Å². The minimum absolute atomic E-state index is 0.0718. The molecule has 1 rings (SSSR count). The Morgan fingerprint density at radius 2 is 1.08 bits per heavy atom. The first-order valence-electron chi connectivity index (χ1n) is 12.0. The van der Waals surface area contributed by atoms with Crippen molar-refractivity contribution in [2.75, 3.05) is 38.8 Å². The lowest BCUT2D eigenvalue weighted by Crippen LogP contribution is -2.19. The number of hydrogen-bond donors (Lipinski definition) is 4. The van der Waals surface area contributed by atoms with Crippen LogP contribution in [0.5, 0.6) is 11.5 Å². The number of esters is 2. The predicted molar refractivity (Wildman–Crippen MR) is 140 cm³/mol. The Balaban J connectivity index is 2.65. The smallest absolute Gasteiger partial charge is 0.341 e. The van der Waals surface area contributed by atoms with Gasteiger partial charge in [0.05, 0.1) is 12.2 Å². The van der Waals surface area contributed by atoms with Gasteiger partial charge in [-0.1, -0.05) is 6.58 Å². The number of carbonyl (C=O) groups is 2. The van der Waals surface area contributed by atoms with Gasteiger partial charge in [0.15, 0.2) is 0 Å². The first-order valence-corrected chi connectivity index (χ1v) is 15.6. The summed E-state index contributed by atoms with van der Waals surface area (Å²) in [6.07, 6.45) is 0.912. The summed E-state index contributed by atoms with van der Waals surface area (Å²) in [6, 6.07) is 0. The molecule has 0 radical (unpaired) electrons. The number of unbranched alkanes of at least 4 members (excludes halogenated alkanes) is 2. The van der Waals surface area contributed by atoms with Crippen LogP contribution in [-0.4, -0.2) is 70.3 Å². The minimum atomic E-state index is -4.04. The first kappa shape index (κ1) is 34.1. The van der Waals surface area contributed by atoms with Crippen molar-refractivity contribution >= 4 is 27.1 Å². The van der Waals surface area contributed by atoms with Gasteiger partial charge in [0.1, 0.15) is 18.1 Å². The van der Waals surface area contributed by atoms with Crippen molar-refractivity contribution in [3.63, 3.8) is 0 Å². The quantitative estimate of drug-likeness (QED) is 0.0694. The minimum Gasteiger partial charge on any atom is -0.424 e. The van der Waals surface area contributed by atoms with E-state index in [1.807, 2.05) is 0 Å². The van der Waals surface area contributed by atoms with E-state index in [1.54, 1.807) is 27.7 Å². The highest BCUT2D eigenvalue weighted by Gasteiger charge is 2.22. The normalized spacial score (nSPS) is 11.9. The zero-order chi connectivity index (χ0) is 29.1. The standard InChI is InChI=1S/C24H38O12P2/c1-16(14-33-10-6-8-12-37(27,28)29)24(26)36-23-19(4)17(2)22(18(3)20(23)5)35-21(25)15-34-11-7-9-13-38(30,31)32/h1,6-15H2,2-5H3,(H2,27,28,29)(H2,30,31,32). The Bertz CT molecular complexity index is 1060. The molecule has 38 heavy (non-hydrogen) atoms. The molecule has 0 aliphatic rings. The van der Waals surface area contributed by atoms with E-state index in [1.165, 1.54) is 0 Å². The fourth-order valence-corrected chi connectivity index (χ4v) is 4.58. The average molecular weight is 581 g/mol. The van der Waals surface area contributed by atoms with E-state index in [2.05, 4.69) is 6.58 Å². The molecule has 1 aromatic carbocycles. The second-order valence-corrected chi connectivity index (χ2v) is 12.5. The fourth-order valence-electron chi connectivity index (χ4n) is 3.31. The van der Waals surface area contributed by atoms with Crippen LogP contribution in [-0.2, 0) is 28.2 Å². The lowest BCUT2D eigenvalue weighted by molar-refractivity contribution is -0.139. The van der Waals surface area contributed by atoms with E-state index in [4.69, 9.17) is 38.5 Å². The van der Waals surface area contributed by atoms with E-state index in [0.29, 0.717) is 53.0 Å². The number of ether oxygens (including phenoxy) is 4. The Morgan fingerprint density at radius 3 is 1.50 bits per heavy atom. The van der Waals surface area contributed by atoms with Crippen LogP contribution in [0, 0.1) is 27.7 Å². The van der Waals surface area contributed by atoms with Gasteiger partial charge in [-0.25, -0.2) is 9.59 Å². The summed E-state index contributed by atoms with van der Waals surface area (Å²) in [7, 11) is -8.08. The van der Waals surface area contributed by atoms with Gasteiger partial charge >= 0.3 is 27.1 Å². The van der Waals surface area contributed by atoms with Crippen molar-refractivity contribution in [1.82, 2.24) is 0 Å². The number of carbonyl (C=O) groups excluding carboxylic acids is 2. The van der Waals surface area contributed by atoms with Gasteiger partial charge in [0, 0.05) is 25.5 Å². The summed E-state index contributed by atoms with van der Waals surface area (Å²) in [5.41, 5.74) is 2.45. The maximum Gasteiger partial charge on any atom is 0.341 e. The Hall–Kier alpha value is -1.88. The van der Waals surface area contributed by atoms with Crippen LogP contribution in [0.3, 0.4) is 0 Å². The zero-order valence-corrected chi connectivity index (χ0v) is 24.0. The van der Waals surface area contributed by atoms with Crippen LogP contribution < -0.4 is 9.47 Å². The summed E-state index contributed by atoms with van der Waals surface area (Å²) in [5.74, 6) is -0.690. The molecule has 0 amide bonds. The van der Waals surface area contributed by atoms with E-state index in [9.17, 15) is 18.7 Å². The summed E-state index contributed by atoms with van der Waals surface area (Å²) >= 11 is 0. The monoisotopic (exact) mass is 580 g/mol. The van der Waals surface area contributed by atoms with Crippen LogP contribution in [0.2, 0.25) is 0 Å². The molecule has 0 aliphatic carbocycles. The third-order valence-electron chi connectivity index (χ3n) is 5.66. The van der Waals surface area contributed by atoms with Crippen molar-refractivity contribution in [3.05, 3.63) is 34.4 Å². The Morgan fingerprint density at radius 1 is 0.684 bits per heavy atom. The van der Waals surface area contributed by atoms with E-state index in [-0.39, 0.29) is 50.7 Å². The van der Waals surface area contributed by atoms with Crippen LogP contribution >= 0.6 is 15.2 Å². The van der Waals surface area contributed by atoms with E-state index >= 15 is 0 Å². The van der Waals surface area contributed by atoms with Crippen LogP contribution in [0.25, 0.3) is 0 Å². The molecule has 0 heterocycles. The molecule has 0 spiro atoms. The predicted octanol–water partition coefficient (Wildman–Crippen LogP) is 3.24. The van der Waals surface area contributed by atoms with Crippen molar-refractivity contribution in [2.24, 2.45) is 0 Å². The Kier molecular flexibility index (Phi) is 14.1. The molecule has 0 saturated carbocycles. The second-order valence-electron chi connectivity index (χ2n) is 8.92. The van der Waals surface area contributed by atoms with Crippen molar-refractivity contribution < 1.29 is 57.2 Å². The van der Waals surface area contributed by atoms with Gasteiger partial charge in [0.2, 0.25) is 0 Å². The molecule has 1 aromatic rings. The summed E-state index contributed by atoms with van der Waals surface area (Å²) < 4.78 is 43.3. The van der Waals surface area contributed by atoms with Gasteiger partial charge in [-0.2, -0.15) is 0 Å². The summed E-state index contributed by atoms with van der Waals surface area (Å²) in [6.45, 7) is 10.5. The fraction of sp³-hybridized carbons (Fsp3) is 0.583. The number of rotatable bonds is 17. The molecule has 0 aliphatic heterocycles. The SMILES string of the molecule is C=C(COCCCCP(=O)(O)O)C(=O)Oc1c(C)c(C)c(OC(=O)COCCCCP(=O)(O)O)c(C)c1C. The third kappa shape index (κ3) is 12.8. The molecule has 14 heteroatoms. The third-order valence-corrected chi connectivity index (χ3v) is 7.46. The van der Waals surface area contributed by atoms with E-state index in [0.717, 1.165) is 0 Å².